The van der Waals surface area contributed by atoms with E-state index in [4.69, 9.17) is 4.74 Å². The van der Waals surface area contributed by atoms with Crippen molar-refractivity contribution in [3.63, 3.8) is 0 Å². The third-order valence-electron chi connectivity index (χ3n) is 4.75. The number of aromatic nitrogens is 2. The van der Waals surface area contributed by atoms with Crippen molar-refractivity contribution in [1.29, 1.82) is 0 Å². The maximum Gasteiger partial charge on any atom is 0.408 e. The van der Waals surface area contributed by atoms with Crippen molar-refractivity contribution >= 4 is 5.91 Å². The molecule has 1 amide bonds. The molecule has 1 aliphatic heterocycles. The second kappa shape index (κ2) is 8.64. The quantitative estimate of drug-likeness (QED) is 0.782. The molecule has 0 bridgehead atoms. The number of likely N-dealkylation sites (tertiary alicyclic amines) is 1. The molecule has 1 atom stereocenters. The van der Waals surface area contributed by atoms with Crippen LogP contribution in [-0.2, 0) is 6.54 Å². The summed E-state index contributed by atoms with van der Waals surface area (Å²) in [5, 5.41) is 6.45. The maximum absolute atomic E-state index is 12.5. The number of methoxy groups -OCH3 is 1. The topological polar surface area (TPSA) is 59.4 Å². The second-order valence-corrected chi connectivity index (χ2v) is 6.79. The van der Waals surface area contributed by atoms with Crippen LogP contribution in [0.1, 0.15) is 34.8 Å². The normalized spacial score (nSPS) is 16.1. The highest BCUT2D eigenvalue weighted by Crippen LogP contribution is 2.27. The molecular weight excluding hydrogens is 373 g/mol. The largest absolute Gasteiger partial charge is 0.497 e. The third kappa shape index (κ3) is 5.25. The summed E-state index contributed by atoms with van der Waals surface area (Å²) in [6, 6.07) is 7.65. The van der Waals surface area contributed by atoms with Gasteiger partial charge in [0, 0.05) is 12.7 Å². The molecule has 1 aliphatic rings. The number of rotatable bonds is 7. The fourth-order valence-electron chi connectivity index (χ4n) is 3.40. The van der Waals surface area contributed by atoms with Crippen molar-refractivity contribution in [3.05, 3.63) is 47.8 Å². The summed E-state index contributed by atoms with van der Waals surface area (Å²) < 4.78 is 43.4. The van der Waals surface area contributed by atoms with Crippen LogP contribution in [0.4, 0.5) is 13.2 Å². The predicted molar refractivity (Wildman–Crippen MR) is 97.2 cm³/mol. The molecule has 3 rings (SSSR count). The van der Waals surface area contributed by atoms with Crippen LogP contribution in [0.5, 0.6) is 5.75 Å². The number of alkyl halides is 3. The SMILES string of the molecule is COc1cccc([C@@H](CNC(=O)c2cnn(CC(F)(F)F)c2)N2CCCC2)c1. The number of nitrogens with zero attached hydrogens (tertiary/aromatic N) is 3. The van der Waals surface area contributed by atoms with Crippen LogP contribution in [-0.4, -0.2) is 53.5 Å². The van der Waals surface area contributed by atoms with Gasteiger partial charge in [-0.1, -0.05) is 12.1 Å². The van der Waals surface area contributed by atoms with E-state index in [0.29, 0.717) is 6.54 Å². The van der Waals surface area contributed by atoms with Crippen LogP contribution in [0.2, 0.25) is 0 Å². The number of nitrogens with one attached hydrogen (secondary N) is 1. The molecule has 0 radical (unpaired) electrons. The average Bonchev–Trinajstić information content (AvgIpc) is 3.33. The number of hydrogen-bond acceptors (Lipinski definition) is 4. The Labute approximate surface area is 161 Å². The molecule has 0 aliphatic carbocycles. The summed E-state index contributed by atoms with van der Waals surface area (Å²) in [6.07, 6.45) is 0.0704. The van der Waals surface area contributed by atoms with E-state index in [-0.39, 0.29) is 11.6 Å². The first-order valence-electron chi connectivity index (χ1n) is 9.11. The van der Waals surface area contributed by atoms with Crippen molar-refractivity contribution in [2.45, 2.75) is 31.6 Å². The van der Waals surface area contributed by atoms with Crippen LogP contribution >= 0.6 is 0 Å². The van der Waals surface area contributed by atoms with Gasteiger partial charge in [-0.15, -0.1) is 0 Å². The molecule has 6 nitrogen and oxygen atoms in total. The van der Waals surface area contributed by atoms with Gasteiger partial charge in [-0.05, 0) is 43.6 Å². The Morgan fingerprint density at radius 1 is 1.32 bits per heavy atom. The first kappa shape index (κ1) is 20.2. The molecular formula is C19H23F3N4O2. The highest BCUT2D eigenvalue weighted by molar-refractivity contribution is 5.93. The number of hydrogen-bond donors (Lipinski definition) is 1. The Morgan fingerprint density at radius 3 is 2.75 bits per heavy atom. The molecule has 0 spiro atoms. The lowest BCUT2D eigenvalue weighted by Gasteiger charge is -2.28. The van der Waals surface area contributed by atoms with Crippen LogP contribution in [0, 0.1) is 0 Å². The van der Waals surface area contributed by atoms with E-state index >= 15 is 0 Å². The third-order valence-corrected chi connectivity index (χ3v) is 4.75. The van der Waals surface area contributed by atoms with Crippen molar-refractivity contribution in [3.8, 4) is 5.75 Å². The van der Waals surface area contributed by atoms with Crippen molar-refractivity contribution in [1.82, 2.24) is 20.0 Å². The van der Waals surface area contributed by atoms with Gasteiger partial charge >= 0.3 is 6.18 Å². The molecule has 1 saturated heterocycles. The first-order valence-corrected chi connectivity index (χ1v) is 9.11. The molecule has 1 aromatic heterocycles. The Balaban J connectivity index is 1.68. The Bertz CT molecular complexity index is 800. The van der Waals surface area contributed by atoms with Gasteiger partial charge in [0.05, 0.1) is 24.9 Å². The highest BCUT2D eigenvalue weighted by Gasteiger charge is 2.29. The molecule has 152 valence electrons. The van der Waals surface area contributed by atoms with Crippen LogP contribution < -0.4 is 10.1 Å². The van der Waals surface area contributed by atoms with Crippen LogP contribution in [0.25, 0.3) is 0 Å². The molecule has 0 unspecified atom stereocenters. The molecule has 1 aromatic carbocycles. The molecule has 1 N–H and O–H groups in total. The molecule has 9 heteroatoms. The smallest absolute Gasteiger partial charge is 0.408 e. The van der Waals surface area contributed by atoms with Crippen molar-refractivity contribution < 1.29 is 22.7 Å². The van der Waals surface area contributed by atoms with E-state index in [9.17, 15) is 18.0 Å². The number of ether oxygens (including phenoxy) is 1. The molecule has 28 heavy (non-hydrogen) atoms. The highest BCUT2D eigenvalue weighted by atomic mass is 19.4. The fraction of sp³-hybridized carbons (Fsp3) is 0.474. The molecule has 0 saturated carbocycles. The molecule has 2 aromatic rings. The number of halogens is 3. The van der Waals surface area contributed by atoms with Gasteiger partial charge in [-0.25, -0.2) is 0 Å². The Hall–Kier alpha value is -2.55. The van der Waals surface area contributed by atoms with Gasteiger partial charge < -0.3 is 10.1 Å². The van der Waals surface area contributed by atoms with Crippen molar-refractivity contribution in [2.24, 2.45) is 0 Å². The molecule has 2 heterocycles. The van der Waals surface area contributed by atoms with Gasteiger partial charge in [0.15, 0.2) is 0 Å². The van der Waals surface area contributed by atoms with Gasteiger partial charge in [-0.2, -0.15) is 18.3 Å². The van der Waals surface area contributed by atoms with Gasteiger partial charge in [0.2, 0.25) is 0 Å². The summed E-state index contributed by atoms with van der Waals surface area (Å²) in [7, 11) is 1.60. The maximum atomic E-state index is 12.5. The van der Waals surface area contributed by atoms with Crippen LogP contribution in [0.15, 0.2) is 36.7 Å². The first-order chi connectivity index (χ1) is 13.4. The minimum absolute atomic E-state index is 0.0354. The second-order valence-electron chi connectivity index (χ2n) is 6.79. The van der Waals surface area contributed by atoms with E-state index < -0.39 is 18.6 Å². The summed E-state index contributed by atoms with van der Waals surface area (Å²) in [5.74, 6) is 0.293. The number of amides is 1. The zero-order valence-corrected chi connectivity index (χ0v) is 15.6. The number of carbonyl (C=O) groups excluding carboxylic acids is 1. The lowest BCUT2D eigenvalue weighted by molar-refractivity contribution is -0.142. The number of carbonyl (C=O) groups is 1. The predicted octanol–water partition coefficient (Wildman–Crippen LogP) is 3.02. The van der Waals surface area contributed by atoms with E-state index in [2.05, 4.69) is 15.3 Å². The minimum atomic E-state index is -4.38. The lowest BCUT2D eigenvalue weighted by Crippen LogP contribution is -2.36. The standard InChI is InChI=1S/C19H23F3N4O2/c1-28-16-6-4-5-14(9-16)17(25-7-2-3-8-25)11-23-18(27)15-10-24-26(12-15)13-19(20,21)22/h4-6,9-10,12,17H,2-3,7-8,11,13H2,1H3,(H,23,27)/t17-/m1/s1. The van der Waals surface area contributed by atoms with E-state index in [0.717, 1.165) is 54.3 Å². The number of benzene rings is 1. The Kier molecular flexibility index (Phi) is 6.23. The summed E-state index contributed by atoms with van der Waals surface area (Å²) in [4.78, 5) is 14.7. The van der Waals surface area contributed by atoms with E-state index in [1.165, 1.54) is 0 Å². The van der Waals surface area contributed by atoms with E-state index in [1.54, 1.807) is 7.11 Å². The summed E-state index contributed by atoms with van der Waals surface area (Å²) >= 11 is 0. The fourth-order valence-corrected chi connectivity index (χ4v) is 3.40. The van der Waals surface area contributed by atoms with Gasteiger partial charge in [0.25, 0.3) is 5.91 Å². The summed E-state index contributed by atoms with van der Waals surface area (Å²) in [5.41, 5.74) is 1.13. The monoisotopic (exact) mass is 396 g/mol. The molecule has 1 fully saturated rings. The van der Waals surface area contributed by atoms with Crippen molar-refractivity contribution in [2.75, 3.05) is 26.7 Å². The average molecular weight is 396 g/mol. The van der Waals surface area contributed by atoms with Gasteiger partial charge in [0.1, 0.15) is 12.3 Å². The Morgan fingerprint density at radius 2 is 2.07 bits per heavy atom. The lowest BCUT2D eigenvalue weighted by atomic mass is 10.0. The zero-order chi connectivity index (χ0) is 20.1. The summed E-state index contributed by atoms with van der Waals surface area (Å²) in [6.45, 7) is 0.986. The minimum Gasteiger partial charge on any atom is -0.497 e. The van der Waals surface area contributed by atoms with E-state index in [1.807, 2.05) is 24.3 Å². The van der Waals surface area contributed by atoms with Gasteiger partial charge in [-0.3, -0.25) is 14.4 Å². The zero-order valence-electron chi connectivity index (χ0n) is 15.6. The van der Waals surface area contributed by atoms with Crippen LogP contribution in [0.3, 0.4) is 0 Å².